The van der Waals surface area contributed by atoms with Crippen molar-refractivity contribution >= 4 is 17.1 Å². The molecule has 3 aromatic carbocycles. The highest BCUT2D eigenvalue weighted by Crippen LogP contribution is 2.26. The van der Waals surface area contributed by atoms with Gasteiger partial charge in [0.1, 0.15) is 0 Å². The summed E-state index contributed by atoms with van der Waals surface area (Å²) in [5.41, 5.74) is 4.34. The van der Waals surface area contributed by atoms with E-state index in [0.29, 0.717) is 0 Å². The molecule has 0 aromatic heterocycles. The number of hydrazone groups is 1. The first-order valence-corrected chi connectivity index (χ1v) is 7.91. The molecule has 0 N–H and O–H groups in total. The van der Waals surface area contributed by atoms with Crippen LogP contribution in [0, 0.1) is 0 Å². The largest absolute Gasteiger partial charge is 0.233 e. The summed E-state index contributed by atoms with van der Waals surface area (Å²) in [6, 6.07) is 30.9. The molecule has 3 rings (SSSR count). The second-order valence-electron chi connectivity index (χ2n) is 5.25. The lowest BCUT2D eigenvalue weighted by Crippen LogP contribution is -2.13. The summed E-state index contributed by atoms with van der Waals surface area (Å²) >= 11 is 0. The molecule has 0 fully saturated rings. The van der Waals surface area contributed by atoms with Crippen LogP contribution < -0.4 is 5.01 Å². The minimum Gasteiger partial charge on any atom is -0.233 e. The van der Waals surface area contributed by atoms with Gasteiger partial charge in [-0.05, 0) is 36.2 Å². The summed E-state index contributed by atoms with van der Waals surface area (Å²) in [7, 11) is 0. The first-order valence-electron chi connectivity index (χ1n) is 7.91. The van der Waals surface area contributed by atoms with Crippen molar-refractivity contribution < 1.29 is 0 Å². The van der Waals surface area contributed by atoms with Crippen LogP contribution in [0.1, 0.15) is 18.9 Å². The molecule has 3 aromatic rings. The molecule has 114 valence electrons. The lowest BCUT2D eigenvalue weighted by molar-refractivity contribution is 1.06. The molecular weight excluding hydrogens is 280 g/mol. The molecule has 23 heavy (non-hydrogen) atoms. The first-order chi connectivity index (χ1) is 11.4. The van der Waals surface area contributed by atoms with Gasteiger partial charge in [-0.25, -0.2) is 5.01 Å². The zero-order chi connectivity index (χ0) is 15.9. The molecule has 0 aliphatic heterocycles. The monoisotopic (exact) mass is 300 g/mol. The van der Waals surface area contributed by atoms with Crippen molar-refractivity contribution in [3.8, 4) is 0 Å². The van der Waals surface area contributed by atoms with E-state index in [1.165, 1.54) is 0 Å². The first kappa shape index (κ1) is 15.0. The zero-order valence-corrected chi connectivity index (χ0v) is 13.3. The molecule has 0 aliphatic rings. The molecule has 0 radical (unpaired) electrons. The van der Waals surface area contributed by atoms with Gasteiger partial charge in [0.2, 0.25) is 0 Å². The van der Waals surface area contributed by atoms with Gasteiger partial charge >= 0.3 is 0 Å². The number of para-hydroxylation sites is 2. The van der Waals surface area contributed by atoms with Crippen LogP contribution in [0.5, 0.6) is 0 Å². The predicted molar refractivity (Wildman–Crippen MR) is 98.3 cm³/mol. The van der Waals surface area contributed by atoms with Crippen molar-refractivity contribution in [1.82, 2.24) is 0 Å². The molecule has 0 saturated carbocycles. The molecule has 0 saturated heterocycles. The maximum atomic E-state index is 4.96. The number of hydrogen-bond acceptors (Lipinski definition) is 2. The SMILES string of the molecule is CC/C(=N/N(c1ccccc1)c1ccccc1)c1ccccc1. The van der Waals surface area contributed by atoms with E-state index in [9.17, 15) is 0 Å². The number of hydrogen-bond donors (Lipinski definition) is 0. The van der Waals surface area contributed by atoms with E-state index in [1.54, 1.807) is 0 Å². The third-order valence-electron chi connectivity index (χ3n) is 3.66. The average Bonchev–Trinajstić information content (AvgIpc) is 2.65. The average molecular weight is 300 g/mol. The quantitative estimate of drug-likeness (QED) is 0.440. The lowest BCUT2D eigenvalue weighted by Gasteiger charge is -2.21. The summed E-state index contributed by atoms with van der Waals surface area (Å²) in [6.07, 6.45) is 0.875. The maximum absolute atomic E-state index is 4.96. The Hall–Kier alpha value is -2.87. The third-order valence-corrected chi connectivity index (χ3v) is 3.66. The standard InChI is InChI=1S/C21H20N2/c1-2-21(18-12-6-3-7-13-18)22-23(19-14-8-4-9-15-19)20-16-10-5-11-17-20/h3-17H,2H2,1H3/b22-21-. The summed E-state index contributed by atoms with van der Waals surface area (Å²) in [5, 5.41) is 6.96. The van der Waals surface area contributed by atoms with Crippen molar-refractivity contribution in [1.29, 1.82) is 0 Å². The van der Waals surface area contributed by atoms with Crippen LogP contribution in [0.3, 0.4) is 0 Å². The van der Waals surface area contributed by atoms with Crippen LogP contribution in [-0.4, -0.2) is 5.71 Å². The topological polar surface area (TPSA) is 15.6 Å². The van der Waals surface area contributed by atoms with Crippen LogP contribution in [0.2, 0.25) is 0 Å². The molecule has 0 atom stereocenters. The van der Waals surface area contributed by atoms with Gasteiger partial charge in [0.25, 0.3) is 0 Å². The Kier molecular flexibility index (Phi) is 4.85. The molecule has 0 bridgehead atoms. The number of rotatable bonds is 5. The van der Waals surface area contributed by atoms with Crippen LogP contribution in [0.25, 0.3) is 0 Å². The van der Waals surface area contributed by atoms with Crippen molar-refractivity contribution in [2.45, 2.75) is 13.3 Å². The Labute approximate surface area is 137 Å². The predicted octanol–water partition coefficient (Wildman–Crippen LogP) is 5.64. The smallest absolute Gasteiger partial charge is 0.0683 e. The molecule has 2 heteroatoms. The van der Waals surface area contributed by atoms with E-state index < -0.39 is 0 Å². The van der Waals surface area contributed by atoms with Gasteiger partial charge in [-0.2, -0.15) is 5.10 Å². The van der Waals surface area contributed by atoms with Gasteiger partial charge in [0.05, 0.1) is 17.1 Å². The molecule has 0 heterocycles. The van der Waals surface area contributed by atoms with E-state index in [4.69, 9.17) is 5.10 Å². The van der Waals surface area contributed by atoms with Gasteiger partial charge < -0.3 is 0 Å². The molecular formula is C21H20N2. The van der Waals surface area contributed by atoms with E-state index in [1.807, 2.05) is 47.5 Å². The second kappa shape index (κ2) is 7.41. The van der Waals surface area contributed by atoms with Crippen molar-refractivity contribution in [3.63, 3.8) is 0 Å². The van der Waals surface area contributed by atoms with Crippen LogP contribution >= 0.6 is 0 Å². The van der Waals surface area contributed by atoms with Gasteiger partial charge in [-0.1, -0.05) is 73.7 Å². The summed E-state index contributed by atoms with van der Waals surface area (Å²) in [5.74, 6) is 0. The number of nitrogens with zero attached hydrogens (tertiary/aromatic N) is 2. The fourth-order valence-corrected chi connectivity index (χ4v) is 2.49. The second-order valence-corrected chi connectivity index (χ2v) is 5.25. The van der Waals surface area contributed by atoms with Crippen LogP contribution in [0.4, 0.5) is 11.4 Å². The summed E-state index contributed by atoms with van der Waals surface area (Å²) in [4.78, 5) is 0. The molecule has 2 nitrogen and oxygen atoms in total. The molecule has 0 aliphatic carbocycles. The summed E-state index contributed by atoms with van der Waals surface area (Å²) < 4.78 is 0. The van der Waals surface area contributed by atoms with Gasteiger partial charge in [0, 0.05) is 0 Å². The molecule has 0 amide bonds. The van der Waals surface area contributed by atoms with E-state index in [2.05, 4.69) is 55.5 Å². The Balaban J connectivity index is 2.07. The minimum atomic E-state index is 0.875. The fraction of sp³-hybridized carbons (Fsp3) is 0.0952. The molecule has 0 unspecified atom stereocenters. The maximum Gasteiger partial charge on any atom is 0.0683 e. The Morgan fingerprint density at radius 1 is 0.696 bits per heavy atom. The summed E-state index contributed by atoms with van der Waals surface area (Å²) in [6.45, 7) is 2.14. The van der Waals surface area contributed by atoms with E-state index in [0.717, 1.165) is 29.1 Å². The van der Waals surface area contributed by atoms with Crippen molar-refractivity contribution in [3.05, 3.63) is 96.6 Å². The Bertz CT molecular complexity index is 710. The third kappa shape index (κ3) is 3.67. The Morgan fingerprint density at radius 3 is 1.57 bits per heavy atom. The van der Waals surface area contributed by atoms with Crippen LogP contribution in [0.15, 0.2) is 96.1 Å². The van der Waals surface area contributed by atoms with Gasteiger partial charge in [-0.15, -0.1) is 0 Å². The number of anilines is 2. The Morgan fingerprint density at radius 2 is 1.13 bits per heavy atom. The van der Waals surface area contributed by atoms with E-state index >= 15 is 0 Å². The van der Waals surface area contributed by atoms with Crippen molar-refractivity contribution in [2.75, 3.05) is 5.01 Å². The highest BCUT2D eigenvalue weighted by Gasteiger charge is 2.10. The molecule has 0 spiro atoms. The lowest BCUT2D eigenvalue weighted by atomic mass is 10.1. The highest BCUT2D eigenvalue weighted by molar-refractivity contribution is 6.01. The van der Waals surface area contributed by atoms with Gasteiger partial charge in [-0.3, -0.25) is 0 Å². The van der Waals surface area contributed by atoms with Crippen LogP contribution in [-0.2, 0) is 0 Å². The normalized spacial score (nSPS) is 11.3. The zero-order valence-electron chi connectivity index (χ0n) is 13.3. The fourth-order valence-electron chi connectivity index (χ4n) is 2.49. The van der Waals surface area contributed by atoms with Crippen molar-refractivity contribution in [2.24, 2.45) is 5.10 Å². The highest BCUT2D eigenvalue weighted by atomic mass is 15.5. The van der Waals surface area contributed by atoms with E-state index in [-0.39, 0.29) is 0 Å². The van der Waals surface area contributed by atoms with Gasteiger partial charge in [0.15, 0.2) is 0 Å². The minimum absolute atomic E-state index is 0.875. The number of benzene rings is 3.